The molecular formula is C26H17Cl2N5O. The number of hydrogen-bond acceptors (Lipinski definition) is 5. The van der Waals surface area contributed by atoms with Gasteiger partial charge in [0.15, 0.2) is 0 Å². The molecule has 0 saturated carbocycles. The second-order valence-corrected chi connectivity index (χ2v) is 8.23. The minimum atomic E-state index is -0.339. The van der Waals surface area contributed by atoms with Crippen molar-refractivity contribution < 1.29 is 4.79 Å². The molecule has 0 unspecified atom stereocenters. The summed E-state index contributed by atoms with van der Waals surface area (Å²) < 4.78 is 0. The molecule has 8 heteroatoms. The summed E-state index contributed by atoms with van der Waals surface area (Å²) in [5, 5.41) is 2.72. The van der Waals surface area contributed by atoms with Crippen LogP contribution in [0.15, 0.2) is 90.1 Å². The van der Waals surface area contributed by atoms with Crippen LogP contribution in [-0.2, 0) is 0 Å². The van der Waals surface area contributed by atoms with Crippen LogP contribution in [0.3, 0.4) is 0 Å². The lowest BCUT2D eigenvalue weighted by Gasteiger charge is -2.12. The highest BCUT2D eigenvalue weighted by Gasteiger charge is 2.11. The highest BCUT2D eigenvalue weighted by atomic mass is 35.5. The molecule has 34 heavy (non-hydrogen) atoms. The van der Waals surface area contributed by atoms with Crippen molar-refractivity contribution in [1.82, 2.24) is 15.4 Å². The Morgan fingerprint density at radius 3 is 2.65 bits per heavy atom. The molecule has 0 fully saturated rings. The molecule has 2 N–H and O–H groups in total. The summed E-state index contributed by atoms with van der Waals surface area (Å²) in [5.74, 6) is -0.339. The van der Waals surface area contributed by atoms with Gasteiger partial charge in [0.2, 0.25) is 0 Å². The molecule has 0 aliphatic heterocycles. The SMILES string of the molecule is O=C(NNc1ccnc2cc(Cl)ccc12)c1ccccc1N=Cc1cc2ccccc2nc1Cl. The number of benzene rings is 3. The van der Waals surface area contributed by atoms with E-state index in [9.17, 15) is 4.79 Å². The third-order valence-corrected chi connectivity index (χ3v) is 5.75. The topological polar surface area (TPSA) is 79.3 Å². The zero-order valence-electron chi connectivity index (χ0n) is 17.7. The first kappa shape index (κ1) is 21.8. The van der Waals surface area contributed by atoms with Gasteiger partial charge in [-0.15, -0.1) is 0 Å². The van der Waals surface area contributed by atoms with Gasteiger partial charge < -0.3 is 0 Å². The number of rotatable bonds is 5. The number of fused-ring (bicyclic) bond motifs is 2. The number of amides is 1. The van der Waals surface area contributed by atoms with E-state index in [1.54, 1.807) is 48.8 Å². The molecule has 2 heterocycles. The van der Waals surface area contributed by atoms with E-state index in [4.69, 9.17) is 23.2 Å². The zero-order valence-corrected chi connectivity index (χ0v) is 19.2. The minimum absolute atomic E-state index is 0.339. The molecule has 166 valence electrons. The molecule has 0 radical (unpaired) electrons. The number of halogens is 2. The average Bonchev–Trinajstić information content (AvgIpc) is 2.86. The summed E-state index contributed by atoms with van der Waals surface area (Å²) in [6, 6.07) is 23.8. The largest absolute Gasteiger partial charge is 0.298 e. The van der Waals surface area contributed by atoms with Gasteiger partial charge in [0.05, 0.1) is 28.0 Å². The first-order chi connectivity index (χ1) is 16.6. The molecule has 0 bridgehead atoms. The molecule has 6 nitrogen and oxygen atoms in total. The molecule has 0 saturated heterocycles. The zero-order chi connectivity index (χ0) is 23.5. The van der Waals surface area contributed by atoms with Crippen molar-refractivity contribution in [3.8, 4) is 0 Å². The van der Waals surface area contributed by atoms with Crippen molar-refractivity contribution in [2.45, 2.75) is 0 Å². The molecule has 0 atom stereocenters. The normalized spacial score (nSPS) is 11.2. The third-order valence-electron chi connectivity index (χ3n) is 5.21. The highest BCUT2D eigenvalue weighted by molar-refractivity contribution is 6.32. The van der Waals surface area contributed by atoms with E-state index in [0.717, 1.165) is 21.8 Å². The second kappa shape index (κ2) is 9.47. The molecule has 0 aliphatic carbocycles. The Hall–Kier alpha value is -4.00. The number of hydrazine groups is 1. The van der Waals surface area contributed by atoms with Crippen molar-refractivity contribution >= 4 is 68.5 Å². The van der Waals surface area contributed by atoms with Crippen LogP contribution in [0.1, 0.15) is 15.9 Å². The number of nitrogens with zero attached hydrogens (tertiary/aromatic N) is 3. The van der Waals surface area contributed by atoms with Gasteiger partial charge in [0.25, 0.3) is 5.91 Å². The van der Waals surface area contributed by atoms with Crippen LogP contribution >= 0.6 is 23.2 Å². The Labute approximate surface area is 205 Å². The van der Waals surface area contributed by atoms with Gasteiger partial charge in [0.1, 0.15) is 5.15 Å². The molecule has 5 rings (SSSR count). The number of carbonyl (C=O) groups is 1. The second-order valence-electron chi connectivity index (χ2n) is 7.44. The maximum Gasteiger partial charge on any atom is 0.271 e. The molecule has 5 aromatic rings. The lowest BCUT2D eigenvalue weighted by Crippen LogP contribution is -2.29. The fourth-order valence-corrected chi connectivity index (χ4v) is 3.90. The summed E-state index contributed by atoms with van der Waals surface area (Å²) in [6.07, 6.45) is 3.26. The molecule has 0 aliphatic rings. The quantitative estimate of drug-likeness (QED) is 0.167. The Balaban J connectivity index is 1.38. The monoisotopic (exact) mass is 485 g/mol. The Kier molecular flexibility index (Phi) is 6.08. The molecule has 2 aromatic heterocycles. The summed E-state index contributed by atoms with van der Waals surface area (Å²) in [6.45, 7) is 0. The van der Waals surface area contributed by atoms with E-state index < -0.39 is 0 Å². The van der Waals surface area contributed by atoms with E-state index in [1.165, 1.54) is 0 Å². The molecule has 0 spiro atoms. The minimum Gasteiger partial charge on any atom is -0.298 e. The number of para-hydroxylation sites is 2. The van der Waals surface area contributed by atoms with Gasteiger partial charge in [-0.25, -0.2) is 4.98 Å². The van der Waals surface area contributed by atoms with E-state index in [2.05, 4.69) is 25.8 Å². The number of aliphatic imine (C=N–C) groups is 1. The van der Waals surface area contributed by atoms with Gasteiger partial charge in [-0.2, -0.15) is 0 Å². The lowest BCUT2D eigenvalue weighted by molar-refractivity contribution is 0.0963. The number of pyridine rings is 2. The van der Waals surface area contributed by atoms with E-state index >= 15 is 0 Å². The van der Waals surface area contributed by atoms with E-state index in [-0.39, 0.29) is 5.91 Å². The molecule has 3 aromatic carbocycles. The van der Waals surface area contributed by atoms with Crippen LogP contribution in [0, 0.1) is 0 Å². The standard InChI is InChI=1S/C26H17Cl2N5O/c27-18-9-10-19-23(11-12-29-24(19)14-18)32-33-26(34)20-6-2-4-8-22(20)30-15-17-13-16-5-1-3-7-21(16)31-25(17)28/h1-15H,(H,29,32)(H,33,34). The van der Waals surface area contributed by atoms with Gasteiger partial charge >= 0.3 is 0 Å². The number of aromatic nitrogens is 2. The van der Waals surface area contributed by atoms with Crippen LogP contribution in [0.5, 0.6) is 0 Å². The smallest absolute Gasteiger partial charge is 0.271 e. The number of carbonyl (C=O) groups excluding carboxylic acids is 1. The predicted octanol–water partition coefficient (Wildman–Crippen LogP) is 6.60. The maximum atomic E-state index is 13.0. The maximum absolute atomic E-state index is 13.0. The van der Waals surface area contributed by atoms with Crippen LogP contribution in [0.4, 0.5) is 11.4 Å². The van der Waals surface area contributed by atoms with Crippen LogP contribution in [-0.4, -0.2) is 22.1 Å². The van der Waals surface area contributed by atoms with E-state index in [1.807, 2.05) is 42.5 Å². The van der Waals surface area contributed by atoms with Crippen LogP contribution < -0.4 is 10.9 Å². The van der Waals surface area contributed by atoms with Gasteiger partial charge in [-0.05, 0) is 48.5 Å². The van der Waals surface area contributed by atoms with Gasteiger partial charge in [-0.1, -0.05) is 53.5 Å². The Morgan fingerprint density at radius 2 is 1.74 bits per heavy atom. The fourth-order valence-electron chi connectivity index (χ4n) is 3.54. The lowest BCUT2D eigenvalue weighted by atomic mass is 10.1. The van der Waals surface area contributed by atoms with Crippen molar-refractivity contribution in [3.63, 3.8) is 0 Å². The van der Waals surface area contributed by atoms with E-state index in [0.29, 0.717) is 32.7 Å². The summed E-state index contributed by atoms with van der Waals surface area (Å²) in [4.78, 5) is 26.2. The van der Waals surface area contributed by atoms with Crippen molar-refractivity contribution in [1.29, 1.82) is 0 Å². The third kappa shape index (κ3) is 4.55. The molecule has 1 amide bonds. The molecular weight excluding hydrogens is 469 g/mol. The number of anilines is 1. The van der Waals surface area contributed by atoms with Crippen molar-refractivity contribution in [2.24, 2.45) is 4.99 Å². The average molecular weight is 486 g/mol. The van der Waals surface area contributed by atoms with Gasteiger partial charge in [0, 0.05) is 33.8 Å². The number of hydrogen-bond donors (Lipinski definition) is 2. The summed E-state index contributed by atoms with van der Waals surface area (Å²) in [5.41, 5.74) is 9.49. The first-order valence-electron chi connectivity index (χ1n) is 10.4. The first-order valence-corrected chi connectivity index (χ1v) is 11.1. The predicted molar refractivity (Wildman–Crippen MR) is 138 cm³/mol. The summed E-state index contributed by atoms with van der Waals surface area (Å²) in [7, 11) is 0. The Bertz CT molecular complexity index is 1570. The van der Waals surface area contributed by atoms with Crippen molar-refractivity contribution in [2.75, 3.05) is 5.43 Å². The number of nitrogens with one attached hydrogen (secondary N) is 2. The van der Waals surface area contributed by atoms with Crippen molar-refractivity contribution in [3.05, 3.63) is 106 Å². The van der Waals surface area contributed by atoms with Crippen LogP contribution in [0.2, 0.25) is 10.2 Å². The van der Waals surface area contributed by atoms with Crippen LogP contribution in [0.25, 0.3) is 21.8 Å². The fraction of sp³-hybridized carbons (Fsp3) is 0. The Morgan fingerprint density at radius 1 is 0.912 bits per heavy atom. The highest BCUT2D eigenvalue weighted by Crippen LogP contribution is 2.25. The summed E-state index contributed by atoms with van der Waals surface area (Å²) >= 11 is 12.4. The van der Waals surface area contributed by atoms with Gasteiger partial charge in [-0.3, -0.25) is 25.6 Å².